The maximum absolute atomic E-state index is 5.89. The molecule has 2 heterocycles. The largest absolute Gasteiger partial charge is 0.465 e. The van der Waals surface area contributed by atoms with Gasteiger partial charge in [-0.25, -0.2) is 0 Å². The number of rotatable bonds is 5. The van der Waals surface area contributed by atoms with E-state index in [2.05, 4.69) is 37.1 Å². The molecule has 2 rings (SSSR count). The van der Waals surface area contributed by atoms with Crippen molar-refractivity contribution in [2.24, 2.45) is 0 Å². The van der Waals surface area contributed by atoms with Gasteiger partial charge in [-0.1, -0.05) is 0 Å². The molecule has 1 atom stereocenters. The van der Waals surface area contributed by atoms with Gasteiger partial charge in [-0.2, -0.15) is 0 Å². The zero-order chi connectivity index (χ0) is 14.8. The molecule has 1 aromatic heterocycles. The highest BCUT2D eigenvalue weighted by Crippen LogP contribution is 2.20. The van der Waals surface area contributed by atoms with Crippen LogP contribution in [0.25, 0.3) is 0 Å². The Labute approximate surface area is 122 Å². The van der Waals surface area contributed by atoms with Crippen molar-refractivity contribution in [3.05, 3.63) is 23.2 Å². The van der Waals surface area contributed by atoms with E-state index in [1.165, 1.54) is 5.56 Å². The van der Waals surface area contributed by atoms with Gasteiger partial charge in [0.05, 0.1) is 12.6 Å². The van der Waals surface area contributed by atoms with E-state index < -0.39 is 0 Å². The van der Waals surface area contributed by atoms with Gasteiger partial charge in [0.25, 0.3) is 0 Å². The monoisotopic (exact) mass is 280 g/mol. The van der Waals surface area contributed by atoms with Gasteiger partial charge in [-0.15, -0.1) is 0 Å². The van der Waals surface area contributed by atoms with Crippen LogP contribution >= 0.6 is 0 Å². The minimum atomic E-state index is 0.129. The first-order valence-corrected chi connectivity index (χ1v) is 7.46. The molecule has 4 heteroatoms. The van der Waals surface area contributed by atoms with Crippen LogP contribution in [-0.4, -0.2) is 36.7 Å². The fourth-order valence-electron chi connectivity index (χ4n) is 2.55. The van der Waals surface area contributed by atoms with Crippen molar-refractivity contribution in [1.82, 2.24) is 10.2 Å². The highest BCUT2D eigenvalue weighted by Gasteiger charge is 2.23. The lowest BCUT2D eigenvalue weighted by Gasteiger charge is -2.20. The number of hydrogen-bond donors (Lipinski definition) is 1. The van der Waals surface area contributed by atoms with Crippen LogP contribution in [0.5, 0.6) is 0 Å². The third-order valence-electron chi connectivity index (χ3n) is 3.82. The van der Waals surface area contributed by atoms with E-state index in [-0.39, 0.29) is 5.54 Å². The normalized spacial score (nSPS) is 20.8. The summed E-state index contributed by atoms with van der Waals surface area (Å²) in [5, 5.41) is 3.51. The summed E-state index contributed by atoms with van der Waals surface area (Å²) in [6, 6.07) is 2.19. The lowest BCUT2D eigenvalue weighted by Crippen LogP contribution is -2.35. The molecule has 0 amide bonds. The Kier molecular flexibility index (Phi) is 4.89. The van der Waals surface area contributed by atoms with Crippen molar-refractivity contribution in [1.29, 1.82) is 0 Å². The van der Waals surface area contributed by atoms with E-state index >= 15 is 0 Å². The van der Waals surface area contributed by atoms with E-state index in [0.717, 1.165) is 44.1 Å². The smallest absolute Gasteiger partial charge is 0.118 e. The average Bonchev–Trinajstić information content (AvgIpc) is 2.93. The molecule has 1 saturated heterocycles. The highest BCUT2D eigenvalue weighted by atomic mass is 16.5. The molecule has 1 aromatic rings. The standard InChI is InChI=1S/C16H28N2O2/c1-12-13(9-17-16(2,3)4)8-15(20-12)11-18-7-6-14(10-18)19-5/h8,14,17H,6-7,9-11H2,1-5H3. The third-order valence-corrected chi connectivity index (χ3v) is 3.82. The Morgan fingerprint density at radius 3 is 2.80 bits per heavy atom. The van der Waals surface area contributed by atoms with Crippen LogP contribution in [0.2, 0.25) is 0 Å². The molecule has 1 fully saturated rings. The SMILES string of the molecule is COC1CCN(Cc2cc(CNC(C)(C)C)c(C)o2)C1. The Bertz CT molecular complexity index is 434. The van der Waals surface area contributed by atoms with E-state index in [1.54, 1.807) is 7.11 Å². The summed E-state index contributed by atoms with van der Waals surface area (Å²) in [5.74, 6) is 2.09. The Hall–Kier alpha value is -0.840. The van der Waals surface area contributed by atoms with Crippen molar-refractivity contribution in [2.75, 3.05) is 20.2 Å². The fourth-order valence-corrected chi connectivity index (χ4v) is 2.55. The molecule has 4 nitrogen and oxygen atoms in total. The Balaban J connectivity index is 1.90. The molecule has 0 aliphatic carbocycles. The summed E-state index contributed by atoms with van der Waals surface area (Å²) in [4.78, 5) is 2.40. The first-order valence-electron chi connectivity index (χ1n) is 7.46. The van der Waals surface area contributed by atoms with Crippen LogP contribution in [-0.2, 0) is 17.8 Å². The van der Waals surface area contributed by atoms with Crippen LogP contribution in [0, 0.1) is 6.92 Å². The van der Waals surface area contributed by atoms with Crippen molar-refractivity contribution in [3.63, 3.8) is 0 Å². The number of furan rings is 1. The number of likely N-dealkylation sites (tertiary alicyclic amines) is 1. The zero-order valence-electron chi connectivity index (χ0n) is 13.5. The molecule has 20 heavy (non-hydrogen) atoms. The maximum atomic E-state index is 5.89. The minimum Gasteiger partial charge on any atom is -0.465 e. The molecule has 1 unspecified atom stereocenters. The summed E-state index contributed by atoms with van der Waals surface area (Å²) < 4.78 is 11.3. The van der Waals surface area contributed by atoms with E-state index in [9.17, 15) is 0 Å². The van der Waals surface area contributed by atoms with Crippen molar-refractivity contribution < 1.29 is 9.15 Å². The molecule has 114 valence electrons. The number of ether oxygens (including phenoxy) is 1. The Morgan fingerprint density at radius 2 is 2.20 bits per heavy atom. The maximum Gasteiger partial charge on any atom is 0.118 e. The van der Waals surface area contributed by atoms with Gasteiger partial charge in [0.15, 0.2) is 0 Å². The van der Waals surface area contributed by atoms with Gasteiger partial charge in [0.2, 0.25) is 0 Å². The van der Waals surface area contributed by atoms with Gasteiger partial charge in [-0.3, -0.25) is 4.90 Å². The van der Waals surface area contributed by atoms with Crippen LogP contribution in [0.4, 0.5) is 0 Å². The molecule has 0 saturated carbocycles. The number of hydrogen-bond acceptors (Lipinski definition) is 4. The quantitative estimate of drug-likeness (QED) is 0.900. The molecule has 1 aliphatic rings. The second kappa shape index (κ2) is 6.29. The molecular formula is C16H28N2O2. The molecule has 0 aromatic carbocycles. The van der Waals surface area contributed by atoms with Gasteiger partial charge in [-0.05, 0) is 40.2 Å². The molecule has 1 N–H and O–H groups in total. The number of methoxy groups -OCH3 is 1. The van der Waals surface area contributed by atoms with Crippen LogP contribution in [0.15, 0.2) is 10.5 Å². The van der Waals surface area contributed by atoms with Gasteiger partial charge in [0, 0.05) is 37.8 Å². The molecule has 1 aliphatic heterocycles. The van der Waals surface area contributed by atoms with Crippen molar-refractivity contribution in [3.8, 4) is 0 Å². The summed E-state index contributed by atoms with van der Waals surface area (Å²) in [6.45, 7) is 12.4. The summed E-state index contributed by atoms with van der Waals surface area (Å²) in [6.07, 6.45) is 1.50. The second-order valence-corrected chi connectivity index (χ2v) is 6.78. The summed E-state index contributed by atoms with van der Waals surface area (Å²) in [7, 11) is 1.79. The number of nitrogens with zero attached hydrogens (tertiary/aromatic N) is 1. The summed E-state index contributed by atoms with van der Waals surface area (Å²) in [5.41, 5.74) is 1.39. The predicted molar refractivity (Wildman–Crippen MR) is 80.7 cm³/mol. The number of nitrogens with one attached hydrogen (secondary N) is 1. The molecule has 0 radical (unpaired) electrons. The third kappa shape index (κ3) is 4.33. The van der Waals surface area contributed by atoms with Gasteiger partial charge in [0.1, 0.15) is 11.5 Å². The molecule has 0 bridgehead atoms. The fraction of sp³-hybridized carbons (Fsp3) is 0.750. The highest BCUT2D eigenvalue weighted by molar-refractivity contribution is 5.21. The molecular weight excluding hydrogens is 252 g/mol. The lowest BCUT2D eigenvalue weighted by molar-refractivity contribution is 0.106. The van der Waals surface area contributed by atoms with Crippen LogP contribution < -0.4 is 5.32 Å². The predicted octanol–water partition coefficient (Wildman–Crippen LogP) is 2.70. The Morgan fingerprint density at radius 1 is 1.45 bits per heavy atom. The minimum absolute atomic E-state index is 0.129. The average molecular weight is 280 g/mol. The topological polar surface area (TPSA) is 37.6 Å². The lowest BCUT2D eigenvalue weighted by atomic mass is 10.1. The van der Waals surface area contributed by atoms with E-state index in [0.29, 0.717) is 6.10 Å². The first-order chi connectivity index (χ1) is 9.37. The van der Waals surface area contributed by atoms with Crippen LogP contribution in [0.1, 0.15) is 44.3 Å². The van der Waals surface area contributed by atoms with Crippen molar-refractivity contribution in [2.45, 2.75) is 58.8 Å². The van der Waals surface area contributed by atoms with Crippen LogP contribution in [0.3, 0.4) is 0 Å². The zero-order valence-corrected chi connectivity index (χ0v) is 13.5. The van der Waals surface area contributed by atoms with Gasteiger partial charge < -0.3 is 14.5 Å². The van der Waals surface area contributed by atoms with E-state index in [1.807, 2.05) is 6.92 Å². The summed E-state index contributed by atoms with van der Waals surface area (Å²) >= 11 is 0. The van der Waals surface area contributed by atoms with Crippen molar-refractivity contribution >= 4 is 0 Å². The number of aryl methyl sites for hydroxylation is 1. The first kappa shape index (κ1) is 15.5. The van der Waals surface area contributed by atoms with Gasteiger partial charge >= 0.3 is 0 Å². The molecule has 0 spiro atoms. The van der Waals surface area contributed by atoms with E-state index in [4.69, 9.17) is 9.15 Å². The second-order valence-electron chi connectivity index (χ2n) is 6.78.